The molecule has 0 spiro atoms. The fourth-order valence-electron chi connectivity index (χ4n) is 6.91. The highest BCUT2D eigenvalue weighted by Gasteiger charge is 2.57. The van der Waals surface area contributed by atoms with E-state index in [0.717, 1.165) is 29.1 Å². The van der Waals surface area contributed by atoms with E-state index in [9.17, 15) is 0 Å². The van der Waals surface area contributed by atoms with Crippen molar-refractivity contribution >= 4 is 0 Å². The first-order valence-electron chi connectivity index (χ1n) is 8.28. The minimum Gasteiger partial charge on any atom is -0.316 e. The van der Waals surface area contributed by atoms with Gasteiger partial charge in [0.25, 0.3) is 0 Å². The molecular formula is C17H29N. The largest absolute Gasteiger partial charge is 0.316 e. The van der Waals surface area contributed by atoms with E-state index in [-0.39, 0.29) is 0 Å². The predicted molar refractivity (Wildman–Crippen MR) is 75.4 cm³/mol. The maximum atomic E-state index is 3.64. The van der Waals surface area contributed by atoms with Gasteiger partial charge in [0.15, 0.2) is 0 Å². The molecule has 1 aliphatic heterocycles. The van der Waals surface area contributed by atoms with Gasteiger partial charge in [-0.15, -0.1) is 0 Å². The van der Waals surface area contributed by atoms with Crippen molar-refractivity contribution in [1.82, 2.24) is 5.32 Å². The normalized spacial score (nSPS) is 53.7. The Morgan fingerprint density at radius 3 is 1.94 bits per heavy atom. The lowest BCUT2D eigenvalue weighted by Crippen LogP contribution is -2.56. The summed E-state index contributed by atoms with van der Waals surface area (Å²) >= 11 is 0. The van der Waals surface area contributed by atoms with Gasteiger partial charge in [-0.1, -0.05) is 13.8 Å². The molecule has 0 radical (unpaired) electrons. The maximum Gasteiger partial charge on any atom is 0.000539 e. The molecule has 1 heterocycles. The van der Waals surface area contributed by atoms with Gasteiger partial charge in [0.2, 0.25) is 0 Å². The highest BCUT2D eigenvalue weighted by Crippen LogP contribution is 2.65. The lowest BCUT2D eigenvalue weighted by atomic mass is 9.43. The lowest BCUT2D eigenvalue weighted by molar-refractivity contribution is -0.123. The monoisotopic (exact) mass is 247 g/mol. The molecule has 4 aliphatic carbocycles. The maximum absolute atomic E-state index is 3.64. The molecule has 1 unspecified atom stereocenters. The van der Waals surface area contributed by atoms with Gasteiger partial charge in [0.05, 0.1) is 0 Å². The lowest BCUT2D eigenvalue weighted by Gasteiger charge is -2.63. The Bertz CT molecular complexity index is 308. The topological polar surface area (TPSA) is 12.0 Å². The van der Waals surface area contributed by atoms with Crippen LogP contribution in [0.25, 0.3) is 0 Å². The van der Waals surface area contributed by atoms with Gasteiger partial charge in [-0.05, 0) is 86.0 Å². The van der Waals surface area contributed by atoms with Crippen molar-refractivity contribution in [3.8, 4) is 0 Å². The third-order valence-electron chi connectivity index (χ3n) is 6.96. The van der Waals surface area contributed by atoms with Gasteiger partial charge in [-0.3, -0.25) is 0 Å². The second-order valence-electron chi connectivity index (χ2n) is 8.79. The fraction of sp³-hybridized carbons (Fsp3) is 1.00. The second kappa shape index (κ2) is 3.75. The Labute approximate surface area is 112 Å². The van der Waals surface area contributed by atoms with Crippen LogP contribution < -0.4 is 5.32 Å². The first-order chi connectivity index (χ1) is 8.57. The highest BCUT2D eigenvalue weighted by atomic mass is 14.9. The number of piperidine rings is 1. The summed E-state index contributed by atoms with van der Waals surface area (Å²) < 4.78 is 0. The van der Waals surface area contributed by atoms with Gasteiger partial charge in [0.1, 0.15) is 0 Å². The van der Waals surface area contributed by atoms with Crippen LogP contribution in [0.2, 0.25) is 0 Å². The Hall–Kier alpha value is -0.0400. The first-order valence-corrected chi connectivity index (χ1v) is 8.28. The molecule has 4 bridgehead atoms. The van der Waals surface area contributed by atoms with Crippen LogP contribution in [0.3, 0.4) is 0 Å². The van der Waals surface area contributed by atoms with Crippen molar-refractivity contribution in [1.29, 1.82) is 0 Å². The molecule has 4 saturated carbocycles. The van der Waals surface area contributed by atoms with Crippen LogP contribution in [0.1, 0.15) is 58.8 Å². The van der Waals surface area contributed by atoms with E-state index >= 15 is 0 Å². The van der Waals surface area contributed by atoms with Gasteiger partial charge < -0.3 is 5.32 Å². The van der Waals surface area contributed by atoms with Gasteiger partial charge >= 0.3 is 0 Å². The molecule has 1 saturated heterocycles. The zero-order chi connectivity index (χ0) is 12.4. The molecule has 18 heavy (non-hydrogen) atoms. The Morgan fingerprint density at radius 2 is 1.44 bits per heavy atom. The SMILES string of the molecule is CC1(C)CNCCC1C12CC3CC(CC(C3)C1)C2. The van der Waals surface area contributed by atoms with E-state index in [0.29, 0.717) is 5.41 Å². The van der Waals surface area contributed by atoms with Crippen LogP contribution in [0, 0.1) is 34.5 Å². The second-order valence-corrected chi connectivity index (χ2v) is 8.79. The molecule has 0 aromatic rings. The van der Waals surface area contributed by atoms with Crippen molar-refractivity contribution in [3.63, 3.8) is 0 Å². The molecule has 1 N–H and O–H groups in total. The molecule has 5 fully saturated rings. The molecule has 0 aromatic carbocycles. The third-order valence-corrected chi connectivity index (χ3v) is 6.96. The summed E-state index contributed by atoms with van der Waals surface area (Å²) in [6, 6.07) is 0. The van der Waals surface area contributed by atoms with Crippen molar-refractivity contribution in [2.24, 2.45) is 34.5 Å². The molecule has 0 amide bonds. The Kier molecular flexibility index (Phi) is 2.45. The number of hydrogen-bond acceptors (Lipinski definition) is 1. The summed E-state index contributed by atoms with van der Waals surface area (Å²) in [7, 11) is 0. The summed E-state index contributed by atoms with van der Waals surface area (Å²) in [4.78, 5) is 0. The summed E-state index contributed by atoms with van der Waals surface area (Å²) in [6.07, 6.45) is 11.0. The van der Waals surface area contributed by atoms with E-state index in [1.54, 1.807) is 38.5 Å². The number of rotatable bonds is 1. The molecule has 5 rings (SSSR count). The highest BCUT2D eigenvalue weighted by molar-refractivity contribution is 5.07. The predicted octanol–water partition coefficient (Wildman–Crippen LogP) is 3.84. The van der Waals surface area contributed by atoms with Crippen LogP contribution in [-0.4, -0.2) is 13.1 Å². The van der Waals surface area contributed by atoms with Gasteiger partial charge in [0, 0.05) is 6.54 Å². The van der Waals surface area contributed by atoms with Crippen molar-refractivity contribution in [2.45, 2.75) is 58.8 Å². The van der Waals surface area contributed by atoms with E-state index in [2.05, 4.69) is 19.2 Å². The van der Waals surface area contributed by atoms with Crippen molar-refractivity contribution in [3.05, 3.63) is 0 Å². The van der Waals surface area contributed by atoms with Crippen LogP contribution >= 0.6 is 0 Å². The summed E-state index contributed by atoms with van der Waals surface area (Å²) in [5.74, 6) is 4.34. The van der Waals surface area contributed by atoms with Gasteiger partial charge in [-0.2, -0.15) is 0 Å². The first kappa shape index (κ1) is 11.8. The van der Waals surface area contributed by atoms with E-state index in [1.165, 1.54) is 19.5 Å². The molecule has 5 aliphatic rings. The Morgan fingerprint density at radius 1 is 0.889 bits per heavy atom. The van der Waals surface area contributed by atoms with Crippen molar-refractivity contribution < 1.29 is 0 Å². The number of hydrogen-bond donors (Lipinski definition) is 1. The standard InChI is InChI=1S/C17H29N/c1-16(2)11-18-4-3-15(16)17-8-12-5-13(9-17)7-14(6-12)10-17/h12-15,18H,3-11H2,1-2H3. The fourth-order valence-corrected chi connectivity index (χ4v) is 6.91. The molecule has 1 atom stereocenters. The zero-order valence-corrected chi connectivity index (χ0v) is 12.2. The van der Waals surface area contributed by atoms with Crippen LogP contribution in [-0.2, 0) is 0 Å². The van der Waals surface area contributed by atoms with Crippen molar-refractivity contribution in [2.75, 3.05) is 13.1 Å². The molecule has 1 nitrogen and oxygen atoms in total. The van der Waals surface area contributed by atoms with Crippen LogP contribution in [0.4, 0.5) is 0 Å². The molecule has 0 aromatic heterocycles. The minimum atomic E-state index is 0.532. The third kappa shape index (κ3) is 1.62. The Balaban J connectivity index is 1.66. The number of nitrogens with one attached hydrogen (secondary N) is 1. The molecule has 1 heteroatoms. The summed E-state index contributed by atoms with van der Waals surface area (Å²) in [5, 5.41) is 3.64. The van der Waals surface area contributed by atoms with Crippen LogP contribution in [0.5, 0.6) is 0 Å². The van der Waals surface area contributed by atoms with E-state index in [4.69, 9.17) is 0 Å². The zero-order valence-electron chi connectivity index (χ0n) is 12.2. The van der Waals surface area contributed by atoms with E-state index < -0.39 is 0 Å². The molecular weight excluding hydrogens is 218 g/mol. The average Bonchev–Trinajstić information content (AvgIpc) is 2.25. The quantitative estimate of drug-likeness (QED) is 0.742. The smallest absolute Gasteiger partial charge is 0.000539 e. The average molecular weight is 247 g/mol. The minimum absolute atomic E-state index is 0.532. The molecule has 102 valence electrons. The van der Waals surface area contributed by atoms with E-state index in [1.807, 2.05) is 0 Å². The summed E-state index contributed by atoms with van der Waals surface area (Å²) in [5.41, 5.74) is 1.30. The van der Waals surface area contributed by atoms with Gasteiger partial charge in [-0.25, -0.2) is 0 Å². The summed E-state index contributed by atoms with van der Waals surface area (Å²) in [6.45, 7) is 7.58. The van der Waals surface area contributed by atoms with Crippen LogP contribution in [0.15, 0.2) is 0 Å².